The van der Waals surface area contributed by atoms with Crippen LogP contribution < -0.4 is 0 Å². The topological polar surface area (TPSA) is 46.0 Å². The number of hydrogen-bond acceptors (Lipinski definition) is 4. The zero-order valence-electron chi connectivity index (χ0n) is 9.68. The van der Waals surface area contributed by atoms with Gasteiger partial charge in [0.05, 0.1) is 22.6 Å². The summed E-state index contributed by atoms with van der Waals surface area (Å²) in [5.41, 5.74) is 1.79. The number of aliphatic hydroxyl groups is 1. The van der Waals surface area contributed by atoms with Crippen LogP contribution >= 0.6 is 11.3 Å². The average Bonchev–Trinajstić information content (AvgIpc) is 2.94. The van der Waals surface area contributed by atoms with Crippen LogP contribution in [0, 0.1) is 6.92 Å². The van der Waals surface area contributed by atoms with E-state index in [-0.39, 0.29) is 12.0 Å². The molecule has 1 aliphatic rings. The molecule has 2 aromatic heterocycles. The van der Waals surface area contributed by atoms with E-state index in [0.29, 0.717) is 0 Å². The number of aliphatic hydroxyl groups excluding tert-OH is 1. The van der Waals surface area contributed by atoms with Crippen molar-refractivity contribution < 1.29 is 5.11 Å². The Morgan fingerprint density at radius 1 is 1.41 bits per heavy atom. The summed E-state index contributed by atoms with van der Waals surface area (Å²) in [6.45, 7) is 2.13. The van der Waals surface area contributed by atoms with Gasteiger partial charge in [0.2, 0.25) is 0 Å². The fraction of sp³-hybridized carbons (Fsp3) is 0.385. The summed E-state index contributed by atoms with van der Waals surface area (Å²) < 4.78 is 0. The van der Waals surface area contributed by atoms with Crippen LogP contribution in [0.2, 0.25) is 0 Å². The molecule has 1 aliphatic carbocycles. The molecule has 88 valence electrons. The highest BCUT2D eigenvalue weighted by molar-refractivity contribution is 7.13. The standard InChI is InChI=1S/C13H14N2OS/c1-9-7-10(11-3-2-6-17-11)15-12(14-9)13(8-16)4-5-13/h2-3,6-7,16H,4-5,8H2,1H3. The van der Waals surface area contributed by atoms with E-state index in [4.69, 9.17) is 0 Å². The Balaban J connectivity index is 2.07. The molecule has 0 aromatic carbocycles. The monoisotopic (exact) mass is 246 g/mol. The Kier molecular flexibility index (Phi) is 2.49. The van der Waals surface area contributed by atoms with Crippen molar-refractivity contribution in [3.63, 3.8) is 0 Å². The highest BCUT2D eigenvalue weighted by Gasteiger charge is 2.46. The molecule has 0 bridgehead atoms. The average molecular weight is 246 g/mol. The van der Waals surface area contributed by atoms with Crippen LogP contribution in [0.5, 0.6) is 0 Å². The van der Waals surface area contributed by atoms with E-state index >= 15 is 0 Å². The van der Waals surface area contributed by atoms with E-state index in [0.717, 1.165) is 34.9 Å². The van der Waals surface area contributed by atoms with Gasteiger partial charge in [0.25, 0.3) is 0 Å². The first-order valence-electron chi connectivity index (χ1n) is 5.74. The van der Waals surface area contributed by atoms with Gasteiger partial charge < -0.3 is 5.11 Å². The number of hydrogen-bond donors (Lipinski definition) is 1. The normalized spacial score (nSPS) is 17.1. The Bertz CT molecular complexity index is 532. The summed E-state index contributed by atoms with van der Waals surface area (Å²) in [4.78, 5) is 10.3. The van der Waals surface area contributed by atoms with E-state index < -0.39 is 0 Å². The van der Waals surface area contributed by atoms with Crippen molar-refractivity contribution in [2.75, 3.05) is 6.61 Å². The number of aromatic nitrogens is 2. The predicted octanol–water partition coefficient (Wildman–Crippen LogP) is 2.54. The van der Waals surface area contributed by atoms with E-state index in [2.05, 4.69) is 16.0 Å². The lowest BCUT2D eigenvalue weighted by molar-refractivity contribution is 0.249. The minimum atomic E-state index is -0.155. The molecule has 2 aromatic rings. The lowest BCUT2D eigenvalue weighted by Crippen LogP contribution is -2.17. The number of aryl methyl sites for hydroxylation is 1. The van der Waals surface area contributed by atoms with Crippen LogP contribution in [0.4, 0.5) is 0 Å². The highest BCUT2D eigenvalue weighted by atomic mass is 32.1. The first-order valence-corrected chi connectivity index (χ1v) is 6.62. The summed E-state index contributed by atoms with van der Waals surface area (Å²) in [6, 6.07) is 6.09. The second-order valence-electron chi connectivity index (χ2n) is 4.63. The van der Waals surface area contributed by atoms with Crippen molar-refractivity contribution in [1.29, 1.82) is 0 Å². The maximum Gasteiger partial charge on any atom is 0.137 e. The lowest BCUT2D eigenvalue weighted by Gasteiger charge is -2.11. The Hall–Kier alpha value is -1.26. The van der Waals surface area contributed by atoms with Gasteiger partial charge in [-0.25, -0.2) is 9.97 Å². The van der Waals surface area contributed by atoms with Crippen molar-refractivity contribution in [3.8, 4) is 10.6 Å². The molecule has 0 spiro atoms. The molecule has 0 saturated heterocycles. The number of nitrogens with zero attached hydrogens (tertiary/aromatic N) is 2. The largest absolute Gasteiger partial charge is 0.395 e. The minimum absolute atomic E-state index is 0.153. The van der Waals surface area contributed by atoms with Gasteiger partial charge in [-0.2, -0.15) is 0 Å². The van der Waals surface area contributed by atoms with Crippen LogP contribution in [0.3, 0.4) is 0 Å². The summed E-state index contributed by atoms with van der Waals surface area (Å²) in [5, 5.41) is 11.5. The van der Waals surface area contributed by atoms with Crippen LogP contribution in [0.15, 0.2) is 23.6 Å². The molecule has 1 fully saturated rings. The van der Waals surface area contributed by atoms with E-state index in [9.17, 15) is 5.11 Å². The van der Waals surface area contributed by atoms with Gasteiger partial charge >= 0.3 is 0 Å². The summed E-state index contributed by atoms with van der Waals surface area (Å²) >= 11 is 1.68. The van der Waals surface area contributed by atoms with E-state index in [1.54, 1.807) is 11.3 Å². The van der Waals surface area contributed by atoms with E-state index in [1.165, 1.54) is 0 Å². The first kappa shape index (κ1) is 10.9. The lowest BCUT2D eigenvalue weighted by atomic mass is 10.1. The zero-order valence-corrected chi connectivity index (χ0v) is 10.5. The van der Waals surface area contributed by atoms with Gasteiger partial charge in [-0.1, -0.05) is 6.07 Å². The van der Waals surface area contributed by atoms with Crippen LogP contribution in [0.25, 0.3) is 10.6 Å². The molecule has 0 aliphatic heterocycles. The maximum absolute atomic E-state index is 9.44. The quantitative estimate of drug-likeness (QED) is 0.905. The fourth-order valence-corrected chi connectivity index (χ4v) is 2.65. The Morgan fingerprint density at radius 2 is 2.24 bits per heavy atom. The molecule has 1 N–H and O–H groups in total. The molecule has 0 atom stereocenters. The third-order valence-electron chi connectivity index (χ3n) is 3.26. The molecule has 4 heteroatoms. The molecule has 17 heavy (non-hydrogen) atoms. The number of thiophene rings is 1. The summed E-state index contributed by atoms with van der Waals surface area (Å²) in [7, 11) is 0. The third-order valence-corrected chi connectivity index (χ3v) is 4.15. The molecule has 0 amide bonds. The molecular weight excluding hydrogens is 232 g/mol. The molecule has 0 unspecified atom stereocenters. The van der Waals surface area contributed by atoms with Crippen LogP contribution in [0.1, 0.15) is 24.4 Å². The van der Waals surface area contributed by atoms with Crippen molar-refractivity contribution >= 4 is 11.3 Å². The second kappa shape index (κ2) is 3.89. The van der Waals surface area contributed by atoms with Crippen molar-refractivity contribution in [1.82, 2.24) is 9.97 Å². The van der Waals surface area contributed by atoms with Crippen LogP contribution in [-0.2, 0) is 5.41 Å². The SMILES string of the molecule is Cc1cc(-c2cccs2)nc(C2(CO)CC2)n1. The van der Waals surface area contributed by atoms with Gasteiger partial charge in [-0.3, -0.25) is 0 Å². The van der Waals surface area contributed by atoms with Crippen LogP contribution in [-0.4, -0.2) is 21.7 Å². The predicted molar refractivity (Wildman–Crippen MR) is 68.1 cm³/mol. The van der Waals surface area contributed by atoms with Gasteiger partial charge in [0, 0.05) is 5.69 Å². The third kappa shape index (κ3) is 1.87. The van der Waals surface area contributed by atoms with Gasteiger partial charge in [-0.05, 0) is 37.3 Å². The first-order chi connectivity index (χ1) is 8.23. The molecule has 0 radical (unpaired) electrons. The fourth-order valence-electron chi connectivity index (χ4n) is 1.96. The van der Waals surface area contributed by atoms with Crippen molar-refractivity contribution in [2.45, 2.75) is 25.2 Å². The van der Waals surface area contributed by atoms with Crippen molar-refractivity contribution in [3.05, 3.63) is 35.1 Å². The molecule has 1 saturated carbocycles. The smallest absolute Gasteiger partial charge is 0.137 e. The molecule has 2 heterocycles. The molecular formula is C13H14N2OS. The Labute approximate surface area is 104 Å². The zero-order chi connectivity index (χ0) is 11.9. The second-order valence-corrected chi connectivity index (χ2v) is 5.58. The van der Waals surface area contributed by atoms with Gasteiger partial charge in [0.1, 0.15) is 5.82 Å². The molecule has 3 nitrogen and oxygen atoms in total. The summed E-state index contributed by atoms with van der Waals surface area (Å²) in [6.07, 6.45) is 1.99. The summed E-state index contributed by atoms with van der Waals surface area (Å²) in [5.74, 6) is 0.809. The number of rotatable bonds is 3. The minimum Gasteiger partial charge on any atom is -0.395 e. The maximum atomic E-state index is 9.44. The Morgan fingerprint density at radius 3 is 2.82 bits per heavy atom. The van der Waals surface area contributed by atoms with Gasteiger partial charge in [0.15, 0.2) is 0 Å². The molecule has 3 rings (SSSR count). The highest BCUT2D eigenvalue weighted by Crippen LogP contribution is 2.46. The van der Waals surface area contributed by atoms with Gasteiger partial charge in [-0.15, -0.1) is 11.3 Å². The van der Waals surface area contributed by atoms with Crippen molar-refractivity contribution in [2.24, 2.45) is 0 Å². The van der Waals surface area contributed by atoms with E-state index in [1.807, 2.05) is 24.4 Å².